The molecule has 2 aromatic rings. The molecule has 1 aliphatic rings. The summed E-state index contributed by atoms with van der Waals surface area (Å²) in [5.74, 6) is 0.655. The molecule has 0 spiro atoms. The van der Waals surface area contributed by atoms with Crippen molar-refractivity contribution in [2.24, 2.45) is 0 Å². The highest BCUT2D eigenvalue weighted by molar-refractivity contribution is 7.85. The van der Waals surface area contributed by atoms with Gasteiger partial charge in [-0.15, -0.1) is 0 Å². The standard InChI is InChI=1S/C22H25Cl2NO8S/c1-29-18-10-14(11-19(30-2)20(18)31-3)21(26)25-12-15(7-8-32-34(4,27)28)33-22(25)13-5-6-16(23)17(24)9-13/h5-6,9-11,15,22H,7-8,12H2,1-4H3/t15-,22?/m1/s1. The number of hydrogen-bond acceptors (Lipinski definition) is 8. The number of halogens is 2. The zero-order valence-electron chi connectivity index (χ0n) is 19.0. The molecular weight excluding hydrogens is 509 g/mol. The Balaban J connectivity index is 1.94. The van der Waals surface area contributed by atoms with Crippen LogP contribution >= 0.6 is 23.2 Å². The first-order valence-electron chi connectivity index (χ1n) is 10.1. The third-order valence-electron chi connectivity index (χ3n) is 5.14. The van der Waals surface area contributed by atoms with Crippen LogP contribution in [0.1, 0.15) is 28.6 Å². The average Bonchev–Trinajstić information content (AvgIpc) is 3.22. The van der Waals surface area contributed by atoms with Crippen LogP contribution < -0.4 is 14.2 Å². The smallest absolute Gasteiger partial charge is 0.264 e. The number of nitrogens with zero attached hydrogens (tertiary/aromatic N) is 1. The summed E-state index contributed by atoms with van der Waals surface area (Å²) in [6.45, 7) is 0.108. The van der Waals surface area contributed by atoms with E-state index >= 15 is 0 Å². The summed E-state index contributed by atoms with van der Waals surface area (Å²) in [6, 6.07) is 8.05. The van der Waals surface area contributed by atoms with Crippen molar-refractivity contribution in [3.8, 4) is 17.2 Å². The monoisotopic (exact) mass is 533 g/mol. The van der Waals surface area contributed by atoms with Crippen LogP contribution in [-0.2, 0) is 19.0 Å². The Labute approximate surface area is 208 Å². The van der Waals surface area contributed by atoms with Crippen LogP contribution in [0, 0.1) is 0 Å². The Kier molecular flexibility index (Phi) is 8.53. The fourth-order valence-electron chi connectivity index (χ4n) is 3.59. The fourth-order valence-corrected chi connectivity index (χ4v) is 4.29. The van der Waals surface area contributed by atoms with Crippen molar-refractivity contribution >= 4 is 39.2 Å². The summed E-state index contributed by atoms with van der Waals surface area (Å²) in [4.78, 5) is 15.1. The van der Waals surface area contributed by atoms with Gasteiger partial charge in [0.05, 0.1) is 56.9 Å². The topological polar surface area (TPSA) is 101 Å². The average molecular weight is 534 g/mol. The van der Waals surface area contributed by atoms with Gasteiger partial charge in [0.2, 0.25) is 5.75 Å². The van der Waals surface area contributed by atoms with Crippen molar-refractivity contribution in [2.75, 3.05) is 40.7 Å². The second-order valence-corrected chi connectivity index (χ2v) is 9.93. The van der Waals surface area contributed by atoms with Crippen molar-refractivity contribution in [3.05, 3.63) is 51.5 Å². The van der Waals surface area contributed by atoms with Crippen LogP contribution in [0.4, 0.5) is 0 Å². The fraction of sp³-hybridized carbons (Fsp3) is 0.409. The van der Waals surface area contributed by atoms with E-state index in [1.807, 2.05) is 0 Å². The number of carbonyl (C=O) groups is 1. The van der Waals surface area contributed by atoms with E-state index in [-0.39, 0.29) is 31.0 Å². The maximum atomic E-state index is 13.6. The summed E-state index contributed by atoms with van der Waals surface area (Å²) in [5, 5.41) is 0.677. The number of benzene rings is 2. The van der Waals surface area contributed by atoms with Gasteiger partial charge >= 0.3 is 0 Å². The molecule has 9 nitrogen and oxygen atoms in total. The molecule has 0 N–H and O–H groups in total. The minimum Gasteiger partial charge on any atom is -0.493 e. The Bertz CT molecular complexity index is 1130. The van der Waals surface area contributed by atoms with E-state index in [2.05, 4.69) is 0 Å². The van der Waals surface area contributed by atoms with Gasteiger partial charge in [-0.1, -0.05) is 29.3 Å². The third kappa shape index (κ3) is 6.05. The van der Waals surface area contributed by atoms with Gasteiger partial charge in [0.15, 0.2) is 17.7 Å². The third-order valence-corrected chi connectivity index (χ3v) is 6.48. The molecule has 1 amide bonds. The number of hydrogen-bond donors (Lipinski definition) is 0. The molecule has 1 unspecified atom stereocenters. The van der Waals surface area contributed by atoms with Gasteiger partial charge in [-0.3, -0.25) is 8.98 Å². The van der Waals surface area contributed by atoms with Crippen LogP contribution in [0.15, 0.2) is 30.3 Å². The summed E-state index contributed by atoms with van der Waals surface area (Å²) >= 11 is 12.2. The number of carbonyl (C=O) groups excluding carboxylic acids is 1. The molecule has 2 atom stereocenters. The van der Waals surface area contributed by atoms with E-state index < -0.39 is 22.4 Å². The molecule has 1 aliphatic heterocycles. The molecule has 3 rings (SSSR count). The maximum absolute atomic E-state index is 13.6. The quantitative estimate of drug-likeness (QED) is 0.447. The predicted octanol–water partition coefficient (Wildman–Crippen LogP) is 3.93. The van der Waals surface area contributed by atoms with E-state index in [4.69, 9.17) is 46.3 Å². The molecule has 12 heteroatoms. The number of methoxy groups -OCH3 is 3. The molecule has 0 bridgehead atoms. The second-order valence-electron chi connectivity index (χ2n) is 7.47. The summed E-state index contributed by atoms with van der Waals surface area (Å²) < 4.78 is 49.6. The Morgan fingerprint density at radius 1 is 1.06 bits per heavy atom. The van der Waals surface area contributed by atoms with E-state index in [0.717, 1.165) is 6.26 Å². The Hall–Kier alpha value is -2.24. The highest BCUT2D eigenvalue weighted by Gasteiger charge is 2.38. The van der Waals surface area contributed by atoms with Gasteiger partial charge in [-0.05, 0) is 24.3 Å². The first-order valence-corrected chi connectivity index (χ1v) is 12.7. The van der Waals surface area contributed by atoms with Crippen molar-refractivity contribution in [1.82, 2.24) is 4.90 Å². The van der Waals surface area contributed by atoms with Gasteiger partial charge in [-0.2, -0.15) is 8.42 Å². The minimum absolute atomic E-state index is 0.0796. The molecule has 0 aliphatic carbocycles. The minimum atomic E-state index is -3.59. The first kappa shape index (κ1) is 26.4. The highest BCUT2D eigenvalue weighted by Crippen LogP contribution is 2.40. The van der Waals surface area contributed by atoms with Gasteiger partial charge in [0.1, 0.15) is 0 Å². The van der Waals surface area contributed by atoms with Crippen LogP contribution in [0.5, 0.6) is 17.2 Å². The zero-order chi connectivity index (χ0) is 25.0. The van der Waals surface area contributed by atoms with E-state index in [0.29, 0.717) is 32.9 Å². The maximum Gasteiger partial charge on any atom is 0.264 e. The van der Waals surface area contributed by atoms with Crippen LogP contribution in [-0.4, -0.2) is 66.1 Å². The normalized spacial score (nSPS) is 18.1. The van der Waals surface area contributed by atoms with Crippen LogP contribution in [0.25, 0.3) is 0 Å². The Morgan fingerprint density at radius 2 is 1.71 bits per heavy atom. The van der Waals surface area contributed by atoms with E-state index in [9.17, 15) is 13.2 Å². The lowest BCUT2D eigenvalue weighted by atomic mass is 10.1. The SMILES string of the molecule is COc1cc(C(=O)N2C[C@@H](CCOS(C)(=O)=O)OC2c2ccc(Cl)c(Cl)c2)cc(OC)c1OC. The lowest BCUT2D eigenvalue weighted by Gasteiger charge is -2.24. The Morgan fingerprint density at radius 3 is 2.24 bits per heavy atom. The van der Waals surface area contributed by atoms with E-state index in [1.54, 1.807) is 30.3 Å². The molecule has 2 aromatic carbocycles. The van der Waals surface area contributed by atoms with Crippen molar-refractivity contribution in [1.29, 1.82) is 0 Å². The predicted molar refractivity (Wildman–Crippen MR) is 127 cm³/mol. The highest BCUT2D eigenvalue weighted by atomic mass is 35.5. The molecule has 1 heterocycles. The van der Waals surface area contributed by atoms with Gasteiger partial charge in [-0.25, -0.2) is 0 Å². The molecule has 186 valence electrons. The number of rotatable bonds is 9. The number of ether oxygens (including phenoxy) is 4. The van der Waals surface area contributed by atoms with Gasteiger partial charge < -0.3 is 23.8 Å². The largest absolute Gasteiger partial charge is 0.493 e. The molecule has 0 aromatic heterocycles. The van der Waals surface area contributed by atoms with Crippen molar-refractivity contribution in [2.45, 2.75) is 18.8 Å². The van der Waals surface area contributed by atoms with Crippen LogP contribution in [0.3, 0.4) is 0 Å². The lowest BCUT2D eigenvalue weighted by Crippen LogP contribution is -2.32. The molecular formula is C22H25Cl2NO8S. The molecule has 0 saturated carbocycles. The van der Waals surface area contributed by atoms with Crippen molar-refractivity contribution < 1.29 is 36.3 Å². The first-order chi connectivity index (χ1) is 16.1. The van der Waals surface area contributed by atoms with Crippen LogP contribution in [0.2, 0.25) is 10.0 Å². The van der Waals surface area contributed by atoms with Gasteiger partial charge in [0, 0.05) is 17.5 Å². The summed E-state index contributed by atoms with van der Waals surface area (Å²) in [7, 11) is 0.796. The van der Waals surface area contributed by atoms with Crippen molar-refractivity contribution in [3.63, 3.8) is 0 Å². The summed E-state index contributed by atoms with van der Waals surface area (Å²) in [5.41, 5.74) is 0.901. The molecule has 1 fully saturated rings. The summed E-state index contributed by atoms with van der Waals surface area (Å²) in [6.07, 6.45) is -0.0395. The molecule has 0 radical (unpaired) electrons. The van der Waals surface area contributed by atoms with Gasteiger partial charge in [0.25, 0.3) is 16.0 Å². The zero-order valence-corrected chi connectivity index (χ0v) is 21.4. The lowest BCUT2D eigenvalue weighted by molar-refractivity contribution is -0.00357. The molecule has 34 heavy (non-hydrogen) atoms. The van der Waals surface area contributed by atoms with E-state index in [1.165, 1.54) is 26.2 Å². The number of amides is 1. The second kappa shape index (κ2) is 11.0. The molecule has 1 saturated heterocycles.